The third kappa shape index (κ3) is 4.49. The van der Waals surface area contributed by atoms with Crippen molar-refractivity contribution in [1.82, 2.24) is 14.5 Å². The number of carbonyl (C=O) groups is 3. The average Bonchev–Trinajstić information content (AvgIpc) is 3.70. The van der Waals surface area contributed by atoms with Crippen LogP contribution in [0.2, 0.25) is 0 Å². The summed E-state index contributed by atoms with van der Waals surface area (Å²) in [5.74, 6) is -0.296. The monoisotopic (exact) mass is 557 g/mol. The van der Waals surface area contributed by atoms with Gasteiger partial charge in [-0.25, -0.2) is 4.98 Å². The van der Waals surface area contributed by atoms with E-state index in [9.17, 15) is 14.4 Å². The van der Waals surface area contributed by atoms with Gasteiger partial charge in [-0.2, -0.15) is 0 Å². The Hall–Kier alpha value is -4.98. The largest absolute Gasteiger partial charge is 0.366 e. The number of nitrogens with one attached hydrogen (secondary N) is 1. The molecule has 1 aliphatic heterocycles. The lowest BCUT2D eigenvalue weighted by Gasteiger charge is -2.34. The molecule has 8 nitrogen and oxygen atoms in total. The number of benzene rings is 3. The smallest absolute Gasteiger partial charge is 0.250 e. The molecule has 3 amide bonds. The Labute approximate surface area is 243 Å². The van der Waals surface area contributed by atoms with Crippen molar-refractivity contribution in [1.29, 1.82) is 0 Å². The van der Waals surface area contributed by atoms with E-state index in [1.54, 1.807) is 21.7 Å². The molecule has 3 aromatic carbocycles. The lowest BCUT2D eigenvalue weighted by molar-refractivity contribution is -0.141. The standard InChI is InChI=1S/C34H31N5O3/c1-20-5-4-8-30(36-20)37-34(42)32-25-11-13-26(16-25)39(32)31(40)19-38-18-28(33(35)41)27-17-24(12-14-29(27)38)23-10-9-21-6-2-3-7-22(21)15-23/h2-10,12,14-15,17-18,25-26,32H,11,13,16,19H2,1H3,(H2,35,41)(H,36,37,42)/t25-,26+,32-/m0/s1. The molecule has 42 heavy (non-hydrogen) atoms. The van der Waals surface area contributed by atoms with E-state index in [0.717, 1.165) is 52.4 Å². The fraction of sp³-hybridized carbons (Fsp3) is 0.235. The number of carbonyl (C=O) groups excluding carboxylic acids is 3. The summed E-state index contributed by atoms with van der Waals surface area (Å²) in [6.07, 6.45) is 4.29. The molecule has 210 valence electrons. The van der Waals surface area contributed by atoms with E-state index in [2.05, 4.69) is 40.6 Å². The van der Waals surface area contributed by atoms with E-state index < -0.39 is 11.9 Å². The number of nitrogens with two attached hydrogens (primary N) is 1. The first-order chi connectivity index (χ1) is 20.4. The molecule has 1 saturated heterocycles. The summed E-state index contributed by atoms with van der Waals surface area (Å²) in [6, 6.07) is 25.3. The number of amides is 3. The Morgan fingerprint density at radius 1 is 0.929 bits per heavy atom. The number of likely N-dealkylation sites (tertiary alicyclic amines) is 1. The summed E-state index contributed by atoms with van der Waals surface area (Å²) >= 11 is 0. The summed E-state index contributed by atoms with van der Waals surface area (Å²) in [7, 11) is 0. The Morgan fingerprint density at radius 3 is 2.52 bits per heavy atom. The topological polar surface area (TPSA) is 110 Å². The van der Waals surface area contributed by atoms with Crippen molar-refractivity contribution in [2.45, 2.75) is 44.8 Å². The highest BCUT2D eigenvalue weighted by molar-refractivity contribution is 6.08. The molecule has 2 aromatic heterocycles. The Kier molecular flexibility index (Phi) is 6.26. The summed E-state index contributed by atoms with van der Waals surface area (Å²) < 4.78 is 1.78. The molecule has 1 saturated carbocycles. The van der Waals surface area contributed by atoms with Crippen LogP contribution in [0.25, 0.3) is 32.8 Å². The van der Waals surface area contributed by atoms with Gasteiger partial charge in [0.25, 0.3) is 5.91 Å². The summed E-state index contributed by atoms with van der Waals surface area (Å²) in [4.78, 5) is 45.9. The number of primary amides is 1. The van der Waals surface area contributed by atoms with Crippen LogP contribution in [0.15, 0.2) is 85.1 Å². The van der Waals surface area contributed by atoms with Crippen molar-refractivity contribution in [3.63, 3.8) is 0 Å². The van der Waals surface area contributed by atoms with Gasteiger partial charge in [-0.05, 0) is 84.3 Å². The van der Waals surface area contributed by atoms with Gasteiger partial charge in [0.1, 0.15) is 18.4 Å². The van der Waals surface area contributed by atoms with Gasteiger partial charge < -0.3 is 20.5 Å². The molecule has 2 fully saturated rings. The van der Waals surface area contributed by atoms with Gasteiger partial charge in [0, 0.05) is 28.8 Å². The molecule has 3 N–H and O–H groups in total. The van der Waals surface area contributed by atoms with Crippen LogP contribution in [-0.4, -0.2) is 44.3 Å². The van der Waals surface area contributed by atoms with Crippen molar-refractivity contribution in [3.05, 3.63) is 96.3 Å². The fourth-order valence-electron chi connectivity index (χ4n) is 6.90. The third-order valence-electron chi connectivity index (χ3n) is 8.82. The maximum Gasteiger partial charge on any atom is 0.250 e. The van der Waals surface area contributed by atoms with Gasteiger partial charge in [0.2, 0.25) is 11.8 Å². The Morgan fingerprint density at radius 2 is 1.71 bits per heavy atom. The number of pyridine rings is 1. The number of hydrogen-bond donors (Lipinski definition) is 2. The SMILES string of the molecule is Cc1cccc(NC(=O)[C@@H]2[C@H]3CC[C@H](C3)N2C(=O)Cn2cc(C(N)=O)c3cc(-c4ccc5ccccc5c4)ccc32)n1. The zero-order chi connectivity index (χ0) is 29.0. The van der Waals surface area contributed by atoms with Crippen LogP contribution in [0.1, 0.15) is 35.3 Å². The second kappa shape index (κ2) is 10.1. The van der Waals surface area contributed by atoms with Crippen LogP contribution in [0.3, 0.4) is 0 Å². The Balaban J connectivity index is 1.18. The quantitative estimate of drug-likeness (QED) is 0.296. The predicted octanol–water partition coefficient (Wildman–Crippen LogP) is 5.28. The van der Waals surface area contributed by atoms with E-state index in [0.29, 0.717) is 16.8 Å². The van der Waals surface area contributed by atoms with Crippen molar-refractivity contribution in [2.24, 2.45) is 11.7 Å². The van der Waals surface area contributed by atoms with Gasteiger partial charge in [0.15, 0.2) is 0 Å². The van der Waals surface area contributed by atoms with Crippen molar-refractivity contribution in [3.8, 4) is 11.1 Å². The van der Waals surface area contributed by atoms with Gasteiger partial charge in [-0.1, -0.05) is 48.5 Å². The highest BCUT2D eigenvalue weighted by Crippen LogP contribution is 2.43. The first-order valence-corrected chi connectivity index (χ1v) is 14.3. The fourth-order valence-corrected chi connectivity index (χ4v) is 6.90. The molecule has 5 aromatic rings. The van der Waals surface area contributed by atoms with Gasteiger partial charge >= 0.3 is 0 Å². The molecular weight excluding hydrogens is 526 g/mol. The predicted molar refractivity (Wildman–Crippen MR) is 163 cm³/mol. The first kappa shape index (κ1) is 26.0. The number of piperidine rings is 1. The summed E-state index contributed by atoms with van der Waals surface area (Å²) in [6.45, 7) is 1.88. The Bertz CT molecular complexity index is 1890. The molecule has 8 heteroatoms. The maximum absolute atomic E-state index is 13.9. The zero-order valence-electron chi connectivity index (χ0n) is 23.3. The lowest BCUT2D eigenvalue weighted by atomic mass is 9.97. The number of aromatic nitrogens is 2. The van der Waals surface area contributed by atoms with E-state index >= 15 is 0 Å². The molecule has 1 aliphatic carbocycles. The second-order valence-corrected chi connectivity index (χ2v) is 11.5. The molecule has 3 heterocycles. The molecule has 0 unspecified atom stereocenters. The van der Waals surface area contributed by atoms with Crippen LogP contribution in [0.4, 0.5) is 5.82 Å². The number of rotatable bonds is 6. The van der Waals surface area contributed by atoms with Crippen LogP contribution in [-0.2, 0) is 16.1 Å². The van der Waals surface area contributed by atoms with E-state index in [-0.39, 0.29) is 30.3 Å². The number of anilines is 1. The minimum atomic E-state index is -0.551. The number of nitrogens with zero attached hydrogens (tertiary/aromatic N) is 3. The zero-order valence-corrected chi connectivity index (χ0v) is 23.3. The molecule has 2 aliphatic rings. The maximum atomic E-state index is 13.9. The van der Waals surface area contributed by atoms with E-state index in [1.807, 2.05) is 49.4 Å². The molecule has 0 spiro atoms. The average molecular weight is 558 g/mol. The third-order valence-corrected chi connectivity index (χ3v) is 8.82. The highest BCUT2D eigenvalue weighted by Gasteiger charge is 2.51. The lowest BCUT2D eigenvalue weighted by Crippen LogP contribution is -2.51. The highest BCUT2D eigenvalue weighted by atomic mass is 16.2. The van der Waals surface area contributed by atoms with Gasteiger partial charge in [-0.15, -0.1) is 0 Å². The number of fused-ring (bicyclic) bond motifs is 4. The molecular formula is C34H31N5O3. The molecule has 0 radical (unpaired) electrons. The van der Waals surface area contributed by atoms with Crippen LogP contribution < -0.4 is 11.1 Å². The molecule has 3 atom stereocenters. The number of hydrogen-bond acceptors (Lipinski definition) is 4. The summed E-state index contributed by atoms with van der Waals surface area (Å²) in [5.41, 5.74) is 9.70. The first-order valence-electron chi connectivity index (χ1n) is 14.3. The van der Waals surface area contributed by atoms with Gasteiger partial charge in [-0.3, -0.25) is 14.4 Å². The van der Waals surface area contributed by atoms with Crippen molar-refractivity contribution in [2.75, 3.05) is 5.32 Å². The minimum absolute atomic E-state index is 0.00873. The van der Waals surface area contributed by atoms with Gasteiger partial charge in [0.05, 0.1) is 5.56 Å². The molecule has 2 bridgehead atoms. The minimum Gasteiger partial charge on any atom is -0.366 e. The van der Waals surface area contributed by atoms with E-state index in [1.165, 1.54) is 0 Å². The van der Waals surface area contributed by atoms with Crippen molar-refractivity contribution >= 4 is 45.2 Å². The normalized spacial score (nSPS) is 19.5. The molecule has 7 rings (SSSR count). The second-order valence-electron chi connectivity index (χ2n) is 11.5. The van der Waals surface area contributed by atoms with Crippen molar-refractivity contribution < 1.29 is 14.4 Å². The van der Waals surface area contributed by atoms with Crippen LogP contribution in [0, 0.1) is 12.8 Å². The van der Waals surface area contributed by atoms with E-state index in [4.69, 9.17) is 5.73 Å². The number of aryl methyl sites for hydroxylation is 1. The van der Waals surface area contributed by atoms with Crippen LogP contribution in [0.5, 0.6) is 0 Å². The summed E-state index contributed by atoms with van der Waals surface area (Å²) in [5, 5.41) is 5.91. The van der Waals surface area contributed by atoms with Crippen LogP contribution >= 0.6 is 0 Å².